The lowest BCUT2D eigenvalue weighted by Crippen LogP contribution is -2.44. The summed E-state index contributed by atoms with van der Waals surface area (Å²) in [6.07, 6.45) is 7.39. The standard InChI is InChI=1S/C28H38NO4P/c1-3-5-6-12-18-28(17-4-2,34(32,33)21-22-13-8-7-9-14-22)25(27(30)31)19-23-20-29-26-16-11-10-15-24(23)26/h7-11,13-16,20,25,29H,3-6,12,17-19,21H2,1-2H3,(H,30,31)(H,32,33). The first kappa shape index (κ1) is 26.2. The van der Waals surface area contributed by atoms with E-state index in [2.05, 4.69) is 11.9 Å². The van der Waals surface area contributed by atoms with Crippen molar-refractivity contribution in [3.8, 4) is 0 Å². The molecule has 3 aromatic rings. The predicted octanol–water partition coefficient (Wildman–Crippen LogP) is 7.39. The fourth-order valence-electron chi connectivity index (χ4n) is 5.37. The lowest BCUT2D eigenvalue weighted by molar-refractivity contribution is -0.143. The van der Waals surface area contributed by atoms with Crippen molar-refractivity contribution in [2.45, 2.75) is 76.5 Å². The summed E-state index contributed by atoms with van der Waals surface area (Å²) in [6, 6.07) is 17.1. The van der Waals surface area contributed by atoms with E-state index in [1.165, 1.54) is 0 Å². The van der Waals surface area contributed by atoms with E-state index in [1.807, 2.05) is 67.7 Å². The highest BCUT2D eigenvalue weighted by molar-refractivity contribution is 7.59. The number of aliphatic carboxylic acids is 1. The van der Waals surface area contributed by atoms with E-state index in [0.29, 0.717) is 19.3 Å². The quantitative estimate of drug-likeness (QED) is 0.165. The summed E-state index contributed by atoms with van der Waals surface area (Å²) in [4.78, 5) is 27.8. The van der Waals surface area contributed by atoms with Crippen molar-refractivity contribution in [2.24, 2.45) is 5.92 Å². The number of fused-ring (bicyclic) bond motifs is 1. The maximum Gasteiger partial charge on any atom is 0.307 e. The van der Waals surface area contributed by atoms with E-state index in [0.717, 1.165) is 47.7 Å². The normalized spacial score (nSPS) is 16.1. The molecule has 0 amide bonds. The Morgan fingerprint density at radius 1 is 0.971 bits per heavy atom. The van der Waals surface area contributed by atoms with Crippen LogP contribution >= 0.6 is 7.37 Å². The van der Waals surface area contributed by atoms with Gasteiger partial charge in [-0.2, -0.15) is 0 Å². The van der Waals surface area contributed by atoms with Gasteiger partial charge in [0.2, 0.25) is 7.37 Å². The van der Waals surface area contributed by atoms with Gasteiger partial charge in [-0.3, -0.25) is 9.36 Å². The number of carboxylic acid groups (broad SMARTS) is 1. The number of aromatic amines is 1. The predicted molar refractivity (Wildman–Crippen MR) is 139 cm³/mol. The molecule has 1 aromatic heterocycles. The van der Waals surface area contributed by atoms with Crippen molar-refractivity contribution in [3.05, 3.63) is 71.9 Å². The van der Waals surface area contributed by atoms with Gasteiger partial charge in [0, 0.05) is 17.1 Å². The van der Waals surface area contributed by atoms with Crippen LogP contribution in [0.3, 0.4) is 0 Å². The summed E-state index contributed by atoms with van der Waals surface area (Å²) in [5.74, 6) is -1.94. The summed E-state index contributed by atoms with van der Waals surface area (Å²) in [5, 5.41) is 10.3. The molecule has 0 saturated carbocycles. The highest BCUT2D eigenvalue weighted by Gasteiger charge is 2.54. The van der Waals surface area contributed by atoms with Gasteiger partial charge in [0.1, 0.15) is 0 Å². The molecular formula is C28H38NO4P. The van der Waals surface area contributed by atoms with E-state index < -0.39 is 24.4 Å². The van der Waals surface area contributed by atoms with Gasteiger partial charge in [-0.05, 0) is 36.5 Å². The summed E-state index contributed by atoms with van der Waals surface area (Å²) in [5.41, 5.74) is 2.61. The van der Waals surface area contributed by atoms with Gasteiger partial charge in [-0.1, -0.05) is 94.5 Å². The molecule has 0 aliphatic carbocycles. The third kappa shape index (κ3) is 5.82. The lowest BCUT2D eigenvalue weighted by atomic mass is 9.79. The number of hydrogen-bond donors (Lipinski definition) is 3. The molecule has 3 unspecified atom stereocenters. The van der Waals surface area contributed by atoms with Gasteiger partial charge in [-0.25, -0.2) is 0 Å². The minimum absolute atomic E-state index is 0.000712. The molecule has 0 radical (unpaired) electrons. The van der Waals surface area contributed by atoms with Crippen molar-refractivity contribution < 1.29 is 19.4 Å². The summed E-state index contributed by atoms with van der Waals surface area (Å²) >= 11 is 0. The average Bonchev–Trinajstić information content (AvgIpc) is 3.22. The number of nitrogens with one attached hydrogen (secondary N) is 1. The Labute approximate surface area is 203 Å². The number of aromatic nitrogens is 1. The molecule has 0 aliphatic heterocycles. The first-order valence-electron chi connectivity index (χ1n) is 12.5. The molecule has 5 nitrogen and oxygen atoms in total. The van der Waals surface area contributed by atoms with Crippen LogP contribution < -0.4 is 0 Å². The average molecular weight is 484 g/mol. The van der Waals surface area contributed by atoms with Gasteiger partial charge in [0.05, 0.1) is 17.2 Å². The number of para-hydroxylation sites is 1. The third-order valence-electron chi connectivity index (χ3n) is 7.13. The Kier molecular flexibility index (Phi) is 9.16. The Balaban J connectivity index is 2.06. The van der Waals surface area contributed by atoms with Crippen molar-refractivity contribution in [3.63, 3.8) is 0 Å². The molecule has 0 spiro atoms. The minimum Gasteiger partial charge on any atom is -0.481 e. The Morgan fingerprint density at radius 2 is 1.68 bits per heavy atom. The monoisotopic (exact) mass is 483 g/mol. The van der Waals surface area contributed by atoms with E-state index in [4.69, 9.17) is 0 Å². The second-order valence-electron chi connectivity index (χ2n) is 9.46. The van der Waals surface area contributed by atoms with Crippen LogP contribution in [-0.4, -0.2) is 26.1 Å². The SMILES string of the molecule is CCCCCCC(CCC)(C(Cc1c[nH]c2ccccc12)C(=O)O)P(=O)(O)Cc1ccccc1. The zero-order valence-electron chi connectivity index (χ0n) is 20.4. The van der Waals surface area contributed by atoms with Crippen molar-refractivity contribution >= 4 is 24.2 Å². The zero-order chi connectivity index (χ0) is 24.6. The fraction of sp³-hybridized carbons (Fsp3) is 0.464. The first-order chi connectivity index (χ1) is 16.3. The molecule has 0 fully saturated rings. The molecule has 184 valence electrons. The van der Waals surface area contributed by atoms with Crippen LogP contribution in [0.4, 0.5) is 0 Å². The third-order valence-corrected chi connectivity index (χ3v) is 10.1. The molecule has 3 atom stereocenters. The van der Waals surface area contributed by atoms with Gasteiger partial charge >= 0.3 is 5.97 Å². The number of benzene rings is 2. The molecule has 0 saturated heterocycles. The maximum atomic E-state index is 14.3. The highest BCUT2D eigenvalue weighted by Crippen LogP contribution is 2.65. The minimum atomic E-state index is -3.90. The lowest BCUT2D eigenvalue weighted by Gasteiger charge is -2.42. The topological polar surface area (TPSA) is 90.4 Å². The highest BCUT2D eigenvalue weighted by atomic mass is 31.2. The second-order valence-corrected chi connectivity index (χ2v) is 12.1. The van der Waals surface area contributed by atoms with Gasteiger partial charge in [-0.15, -0.1) is 0 Å². The molecule has 34 heavy (non-hydrogen) atoms. The summed E-state index contributed by atoms with van der Waals surface area (Å²) < 4.78 is 14.3. The zero-order valence-corrected chi connectivity index (χ0v) is 21.3. The number of rotatable bonds is 14. The molecular weight excluding hydrogens is 445 g/mol. The number of unbranched alkanes of at least 4 members (excludes halogenated alkanes) is 3. The molecule has 3 rings (SSSR count). The summed E-state index contributed by atoms with van der Waals surface area (Å²) in [6.45, 7) is 4.11. The Hall–Kier alpha value is -2.36. The van der Waals surface area contributed by atoms with Crippen LogP contribution in [0, 0.1) is 5.92 Å². The van der Waals surface area contributed by atoms with Gasteiger partial charge in [0.25, 0.3) is 0 Å². The number of carbonyl (C=O) groups is 1. The van der Waals surface area contributed by atoms with Crippen LogP contribution in [0.2, 0.25) is 0 Å². The molecule has 6 heteroatoms. The van der Waals surface area contributed by atoms with Crippen LogP contribution in [0.1, 0.15) is 69.9 Å². The Morgan fingerprint density at radius 3 is 2.35 bits per heavy atom. The Bertz CT molecular complexity index is 1110. The van der Waals surface area contributed by atoms with Crippen molar-refractivity contribution in [1.82, 2.24) is 4.98 Å². The van der Waals surface area contributed by atoms with Gasteiger partial charge < -0.3 is 15.0 Å². The van der Waals surface area contributed by atoms with E-state index >= 15 is 0 Å². The molecule has 3 N–H and O–H groups in total. The van der Waals surface area contributed by atoms with Crippen molar-refractivity contribution in [2.75, 3.05) is 0 Å². The molecule has 0 bridgehead atoms. The fourth-order valence-corrected chi connectivity index (χ4v) is 8.16. The largest absolute Gasteiger partial charge is 0.481 e. The number of carboxylic acids is 1. The van der Waals surface area contributed by atoms with Crippen molar-refractivity contribution in [1.29, 1.82) is 0 Å². The van der Waals surface area contributed by atoms with Crippen LogP contribution in [0.25, 0.3) is 10.9 Å². The molecule has 2 aromatic carbocycles. The van der Waals surface area contributed by atoms with E-state index in [9.17, 15) is 19.4 Å². The number of H-pyrrole nitrogens is 1. The van der Waals surface area contributed by atoms with Crippen LogP contribution in [0.15, 0.2) is 60.8 Å². The van der Waals surface area contributed by atoms with E-state index in [1.54, 1.807) is 0 Å². The number of hydrogen-bond acceptors (Lipinski definition) is 2. The van der Waals surface area contributed by atoms with Crippen LogP contribution in [0.5, 0.6) is 0 Å². The second kappa shape index (κ2) is 11.9. The first-order valence-corrected chi connectivity index (χ1v) is 14.3. The summed E-state index contributed by atoms with van der Waals surface area (Å²) in [7, 11) is -3.90. The van der Waals surface area contributed by atoms with Gasteiger partial charge in [0.15, 0.2) is 0 Å². The van der Waals surface area contributed by atoms with Crippen LogP contribution in [-0.2, 0) is 21.9 Å². The molecule has 0 aliphatic rings. The molecule has 1 heterocycles. The smallest absolute Gasteiger partial charge is 0.307 e. The maximum absolute atomic E-state index is 14.3. The van der Waals surface area contributed by atoms with E-state index in [-0.39, 0.29) is 12.6 Å².